The number of carbonyl (C=O) groups excluding carboxylic acids is 1. The number of likely N-dealkylation sites (tertiary alicyclic amines) is 1. The lowest BCUT2D eigenvalue weighted by Crippen LogP contribution is -2.56. The van der Waals surface area contributed by atoms with Crippen LogP contribution in [0.25, 0.3) is 0 Å². The molecule has 1 aromatic carbocycles. The predicted molar refractivity (Wildman–Crippen MR) is 91.9 cm³/mol. The summed E-state index contributed by atoms with van der Waals surface area (Å²) < 4.78 is 16.8. The molecule has 6 nitrogen and oxygen atoms in total. The Morgan fingerprint density at radius 1 is 1.36 bits per heavy atom. The van der Waals surface area contributed by atoms with Crippen LogP contribution in [-0.4, -0.2) is 52.8 Å². The largest absolute Gasteiger partial charge is 0.444 e. The highest BCUT2D eigenvalue weighted by molar-refractivity contribution is 5.70. The standard InChI is InChI=1S/C19H27NO5/c1-18(2,3)25-17(22)20-11-7-10-19(20,15-16(21)24-15)13-23-12-14-8-5-4-6-9-14/h4-6,8-9,15-16,21H,7,10-13H2,1-3H3. The zero-order valence-corrected chi connectivity index (χ0v) is 15.1. The maximum absolute atomic E-state index is 12.7. The minimum absolute atomic E-state index is 0.308. The molecular weight excluding hydrogens is 322 g/mol. The van der Waals surface area contributed by atoms with Crippen LogP contribution in [0.1, 0.15) is 39.2 Å². The Balaban J connectivity index is 1.70. The quantitative estimate of drug-likeness (QED) is 0.828. The Bertz CT molecular complexity index is 600. The molecule has 3 rings (SSSR count). The van der Waals surface area contributed by atoms with Crippen LogP contribution >= 0.6 is 0 Å². The maximum Gasteiger partial charge on any atom is 0.410 e. The first-order valence-corrected chi connectivity index (χ1v) is 8.78. The highest BCUT2D eigenvalue weighted by atomic mass is 16.7. The third-order valence-corrected chi connectivity index (χ3v) is 4.60. The number of epoxide rings is 1. The fourth-order valence-corrected chi connectivity index (χ4v) is 3.44. The van der Waals surface area contributed by atoms with Gasteiger partial charge in [0, 0.05) is 6.54 Å². The first-order chi connectivity index (χ1) is 11.8. The van der Waals surface area contributed by atoms with Crippen molar-refractivity contribution in [1.82, 2.24) is 4.90 Å². The Hall–Kier alpha value is -1.63. The lowest BCUT2D eigenvalue weighted by molar-refractivity contribution is -0.0314. The van der Waals surface area contributed by atoms with E-state index in [1.165, 1.54) is 0 Å². The first kappa shape index (κ1) is 18.2. The second-order valence-corrected chi connectivity index (χ2v) is 7.76. The molecule has 6 heteroatoms. The lowest BCUT2D eigenvalue weighted by Gasteiger charge is -2.37. The molecule has 2 aliphatic rings. The summed E-state index contributed by atoms with van der Waals surface area (Å²) in [6, 6.07) is 9.88. The van der Waals surface area contributed by atoms with Crippen LogP contribution < -0.4 is 0 Å². The van der Waals surface area contributed by atoms with Crippen LogP contribution in [0.3, 0.4) is 0 Å². The number of aliphatic hydroxyl groups is 1. The molecule has 0 aromatic heterocycles. The molecule has 2 aliphatic heterocycles. The van der Waals surface area contributed by atoms with Crippen molar-refractivity contribution in [3.8, 4) is 0 Å². The van der Waals surface area contributed by atoms with Crippen molar-refractivity contribution in [3.63, 3.8) is 0 Å². The van der Waals surface area contributed by atoms with E-state index < -0.39 is 23.5 Å². The number of carbonyl (C=O) groups is 1. The van der Waals surface area contributed by atoms with Crippen LogP contribution in [0.2, 0.25) is 0 Å². The van der Waals surface area contributed by atoms with Crippen molar-refractivity contribution in [1.29, 1.82) is 0 Å². The molecule has 0 spiro atoms. The second-order valence-electron chi connectivity index (χ2n) is 7.76. The molecule has 3 atom stereocenters. The molecule has 2 saturated heterocycles. The van der Waals surface area contributed by atoms with E-state index in [2.05, 4.69) is 0 Å². The van der Waals surface area contributed by atoms with E-state index >= 15 is 0 Å². The molecular formula is C19H27NO5. The molecule has 1 amide bonds. The molecule has 1 aromatic rings. The van der Waals surface area contributed by atoms with Crippen LogP contribution in [0, 0.1) is 0 Å². The minimum Gasteiger partial charge on any atom is -0.444 e. The van der Waals surface area contributed by atoms with Crippen LogP contribution in [-0.2, 0) is 20.8 Å². The van der Waals surface area contributed by atoms with E-state index in [4.69, 9.17) is 14.2 Å². The van der Waals surface area contributed by atoms with Gasteiger partial charge in [-0.2, -0.15) is 0 Å². The summed E-state index contributed by atoms with van der Waals surface area (Å²) in [5.41, 5.74) is -0.174. The number of aliphatic hydroxyl groups excluding tert-OH is 1. The third kappa shape index (κ3) is 4.14. The third-order valence-electron chi connectivity index (χ3n) is 4.60. The van der Waals surface area contributed by atoms with Crippen molar-refractivity contribution in [2.75, 3.05) is 13.2 Å². The van der Waals surface area contributed by atoms with Gasteiger partial charge in [0.05, 0.1) is 13.2 Å². The van der Waals surface area contributed by atoms with Crippen molar-refractivity contribution in [2.24, 2.45) is 0 Å². The van der Waals surface area contributed by atoms with Gasteiger partial charge in [0.1, 0.15) is 17.2 Å². The molecule has 138 valence electrons. The average Bonchev–Trinajstić information content (AvgIpc) is 3.12. The van der Waals surface area contributed by atoms with Gasteiger partial charge in [0.25, 0.3) is 0 Å². The summed E-state index contributed by atoms with van der Waals surface area (Å²) in [4.78, 5) is 14.3. The summed E-state index contributed by atoms with van der Waals surface area (Å²) in [5, 5.41) is 9.84. The molecule has 0 aliphatic carbocycles. The summed E-state index contributed by atoms with van der Waals surface area (Å²) in [6.07, 6.45) is -0.0822. The van der Waals surface area contributed by atoms with Crippen LogP contribution in [0.4, 0.5) is 4.79 Å². The van der Waals surface area contributed by atoms with Gasteiger partial charge in [-0.05, 0) is 39.2 Å². The van der Waals surface area contributed by atoms with Crippen LogP contribution in [0.15, 0.2) is 30.3 Å². The van der Waals surface area contributed by atoms with Gasteiger partial charge in [-0.25, -0.2) is 4.79 Å². The van der Waals surface area contributed by atoms with Gasteiger partial charge < -0.3 is 19.3 Å². The van der Waals surface area contributed by atoms with Crippen molar-refractivity contribution >= 4 is 6.09 Å². The van der Waals surface area contributed by atoms with Gasteiger partial charge >= 0.3 is 6.09 Å². The van der Waals surface area contributed by atoms with Gasteiger partial charge in [-0.3, -0.25) is 4.90 Å². The highest BCUT2D eigenvalue weighted by Gasteiger charge is 2.61. The smallest absolute Gasteiger partial charge is 0.410 e. The number of benzene rings is 1. The second kappa shape index (κ2) is 6.94. The zero-order valence-electron chi connectivity index (χ0n) is 15.1. The number of nitrogens with zero attached hydrogens (tertiary/aromatic N) is 1. The normalized spacial score (nSPS) is 28.9. The monoisotopic (exact) mass is 349 g/mol. The fourth-order valence-electron chi connectivity index (χ4n) is 3.44. The Morgan fingerprint density at radius 3 is 2.64 bits per heavy atom. The molecule has 2 heterocycles. The first-order valence-electron chi connectivity index (χ1n) is 8.78. The van der Waals surface area contributed by atoms with Gasteiger partial charge in [-0.15, -0.1) is 0 Å². The van der Waals surface area contributed by atoms with E-state index in [1.54, 1.807) is 4.90 Å². The van der Waals surface area contributed by atoms with Gasteiger partial charge in [-0.1, -0.05) is 30.3 Å². The Kier molecular flexibility index (Phi) is 5.04. The number of ether oxygens (including phenoxy) is 3. The van der Waals surface area contributed by atoms with Crippen LogP contribution in [0.5, 0.6) is 0 Å². The average molecular weight is 349 g/mol. The molecule has 3 unspecified atom stereocenters. The van der Waals surface area contributed by atoms with Gasteiger partial charge in [0.2, 0.25) is 0 Å². The van der Waals surface area contributed by atoms with E-state index in [9.17, 15) is 9.90 Å². The summed E-state index contributed by atoms with van der Waals surface area (Å²) in [6.45, 7) is 6.87. The summed E-state index contributed by atoms with van der Waals surface area (Å²) in [5.74, 6) is 0. The lowest BCUT2D eigenvalue weighted by atomic mass is 9.92. The van der Waals surface area contributed by atoms with Crippen molar-refractivity contribution in [3.05, 3.63) is 35.9 Å². The zero-order chi connectivity index (χ0) is 18.1. The minimum atomic E-state index is -0.844. The van der Waals surface area contributed by atoms with E-state index in [1.807, 2.05) is 51.1 Å². The fraction of sp³-hybridized carbons (Fsp3) is 0.632. The SMILES string of the molecule is CC(C)(C)OC(=O)N1CCCC1(COCc1ccccc1)C1OC1O. The number of amides is 1. The van der Waals surface area contributed by atoms with E-state index in [-0.39, 0.29) is 6.09 Å². The van der Waals surface area contributed by atoms with Crippen molar-refractivity contribution in [2.45, 2.75) is 63.8 Å². The predicted octanol–water partition coefficient (Wildman–Crippen LogP) is 2.69. The molecule has 25 heavy (non-hydrogen) atoms. The van der Waals surface area contributed by atoms with Gasteiger partial charge in [0.15, 0.2) is 6.29 Å². The molecule has 2 fully saturated rings. The topological polar surface area (TPSA) is 71.5 Å². The number of hydrogen-bond donors (Lipinski definition) is 1. The number of rotatable bonds is 5. The summed E-state index contributed by atoms with van der Waals surface area (Å²) >= 11 is 0. The van der Waals surface area contributed by atoms with E-state index in [0.29, 0.717) is 19.8 Å². The van der Waals surface area contributed by atoms with E-state index in [0.717, 1.165) is 18.4 Å². The number of hydrogen-bond acceptors (Lipinski definition) is 5. The Morgan fingerprint density at radius 2 is 2.04 bits per heavy atom. The maximum atomic E-state index is 12.7. The van der Waals surface area contributed by atoms with Crippen molar-refractivity contribution < 1.29 is 24.1 Å². The highest BCUT2D eigenvalue weighted by Crippen LogP contribution is 2.43. The molecule has 0 bridgehead atoms. The molecule has 1 N–H and O–H groups in total. The molecule has 0 radical (unpaired) electrons. The molecule has 0 saturated carbocycles. The Labute approximate surface area is 148 Å². The summed E-state index contributed by atoms with van der Waals surface area (Å²) in [7, 11) is 0.